The van der Waals surface area contributed by atoms with Gasteiger partial charge in [0.2, 0.25) is 0 Å². The second-order valence-corrected chi connectivity index (χ2v) is 7.75. The van der Waals surface area contributed by atoms with E-state index < -0.39 is 22.7 Å². The molecule has 1 aliphatic heterocycles. The van der Waals surface area contributed by atoms with Crippen LogP contribution in [0.25, 0.3) is 5.76 Å². The van der Waals surface area contributed by atoms with Gasteiger partial charge in [0, 0.05) is 28.4 Å². The standard InChI is InChI=1S/C24H17ClN2O5/c1-14-4-2-3-5-19(14)26-21(15-8-12-18(13-9-15)27(31)32)20(23(29)24(26)30)22(28)16-6-10-17(25)11-7-16/h2-13,21,28H,1H3/t21-/m0/s1. The number of ketones is 1. The number of non-ortho nitro benzene ring substituents is 1. The molecule has 1 heterocycles. The number of nitro groups is 1. The maximum absolute atomic E-state index is 13.1. The van der Waals surface area contributed by atoms with E-state index in [9.17, 15) is 24.8 Å². The lowest BCUT2D eigenvalue weighted by Gasteiger charge is -2.26. The van der Waals surface area contributed by atoms with Crippen LogP contribution in [-0.4, -0.2) is 21.7 Å². The maximum atomic E-state index is 13.1. The Bertz CT molecular complexity index is 1270. The van der Waals surface area contributed by atoms with E-state index >= 15 is 0 Å². The molecule has 0 spiro atoms. The highest BCUT2D eigenvalue weighted by Gasteiger charge is 2.47. The Morgan fingerprint density at radius 2 is 1.62 bits per heavy atom. The van der Waals surface area contributed by atoms with Crippen LogP contribution in [0.5, 0.6) is 0 Å². The first kappa shape index (κ1) is 21.3. The minimum Gasteiger partial charge on any atom is -0.507 e. The highest BCUT2D eigenvalue weighted by atomic mass is 35.5. The fraction of sp³-hybridized carbons (Fsp3) is 0.0833. The Balaban J connectivity index is 1.95. The van der Waals surface area contributed by atoms with E-state index in [2.05, 4.69) is 0 Å². The number of nitrogens with zero attached hydrogens (tertiary/aromatic N) is 2. The molecule has 1 saturated heterocycles. The molecule has 0 bridgehead atoms. The molecular formula is C24H17ClN2O5. The summed E-state index contributed by atoms with van der Waals surface area (Å²) in [6.07, 6.45) is 0. The molecule has 0 saturated carbocycles. The number of carbonyl (C=O) groups is 2. The van der Waals surface area contributed by atoms with Gasteiger partial charge in [0.05, 0.1) is 16.5 Å². The fourth-order valence-electron chi connectivity index (χ4n) is 3.77. The van der Waals surface area contributed by atoms with Crippen molar-refractivity contribution < 1.29 is 19.6 Å². The molecule has 3 aromatic carbocycles. The molecule has 0 radical (unpaired) electrons. The number of anilines is 1. The summed E-state index contributed by atoms with van der Waals surface area (Å²) >= 11 is 5.93. The Kier molecular flexibility index (Phi) is 5.50. The lowest BCUT2D eigenvalue weighted by atomic mass is 9.94. The highest BCUT2D eigenvalue weighted by Crippen LogP contribution is 2.43. The van der Waals surface area contributed by atoms with Crippen molar-refractivity contribution in [1.29, 1.82) is 0 Å². The number of aryl methyl sites for hydroxylation is 1. The zero-order valence-corrected chi connectivity index (χ0v) is 17.6. The SMILES string of the molecule is Cc1ccccc1N1C(=O)C(=O)C(=C(O)c2ccc(Cl)cc2)[C@@H]1c1ccc([N+](=O)[O-])cc1. The molecule has 4 rings (SSSR count). The average Bonchev–Trinajstić information content (AvgIpc) is 3.05. The third-order valence-electron chi connectivity index (χ3n) is 5.36. The molecule has 8 heteroatoms. The van der Waals surface area contributed by atoms with Crippen LogP contribution in [0, 0.1) is 17.0 Å². The van der Waals surface area contributed by atoms with Crippen molar-refractivity contribution in [1.82, 2.24) is 0 Å². The van der Waals surface area contributed by atoms with Crippen LogP contribution < -0.4 is 4.90 Å². The summed E-state index contributed by atoms with van der Waals surface area (Å²) in [5.41, 5.74) is 1.81. The first-order chi connectivity index (χ1) is 15.3. The molecule has 1 atom stereocenters. The Morgan fingerprint density at radius 3 is 2.22 bits per heavy atom. The monoisotopic (exact) mass is 448 g/mol. The number of benzene rings is 3. The van der Waals surface area contributed by atoms with Gasteiger partial charge in [-0.2, -0.15) is 0 Å². The van der Waals surface area contributed by atoms with Gasteiger partial charge in [-0.1, -0.05) is 29.8 Å². The van der Waals surface area contributed by atoms with Gasteiger partial charge in [-0.15, -0.1) is 0 Å². The summed E-state index contributed by atoms with van der Waals surface area (Å²) in [6, 6.07) is 17.9. The summed E-state index contributed by atoms with van der Waals surface area (Å²) in [6.45, 7) is 1.81. The molecule has 1 N–H and O–H groups in total. The summed E-state index contributed by atoms with van der Waals surface area (Å²) < 4.78 is 0. The zero-order valence-electron chi connectivity index (χ0n) is 16.9. The normalized spacial score (nSPS) is 17.6. The number of aliphatic hydroxyl groups is 1. The van der Waals surface area contributed by atoms with E-state index in [-0.39, 0.29) is 17.0 Å². The van der Waals surface area contributed by atoms with E-state index in [1.54, 1.807) is 49.4 Å². The van der Waals surface area contributed by atoms with Crippen molar-refractivity contribution in [2.45, 2.75) is 13.0 Å². The Hall–Kier alpha value is -3.97. The smallest absolute Gasteiger partial charge is 0.300 e. The van der Waals surface area contributed by atoms with Crippen LogP contribution in [0.1, 0.15) is 22.7 Å². The minimum absolute atomic E-state index is 0.102. The zero-order chi connectivity index (χ0) is 23.0. The number of hydrogen-bond acceptors (Lipinski definition) is 5. The lowest BCUT2D eigenvalue weighted by molar-refractivity contribution is -0.384. The number of para-hydroxylation sites is 1. The topological polar surface area (TPSA) is 101 Å². The first-order valence-corrected chi connectivity index (χ1v) is 10.0. The average molecular weight is 449 g/mol. The van der Waals surface area contributed by atoms with E-state index in [0.29, 0.717) is 21.8 Å². The van der Waals surface area contributed by atoms with E-state index in [1.807, 2.05) is 6.07 Å². The Labute approximate surface area is 188 Å². The molecule has 160 valence electrons. The molecule has 0 aromatic heterocycles. The summed E-state index contributed by atoms with van der Waals surface area (Å²) in [5.74, 6) is -1.98. The molecule has 0 aliphatic carbocycles. The summed E-state index contributed by atoms with van der Waals surface area (Å²) in [4.78, 5) is 38.1. The molecule has 7 nitrogen and oxygen atoms in total. The van der Waals surface area contributed by atoms with Crippen molar-refractivity contribution in [3.63, 3.8) is 0 Å². The number of rotatable bonds is 4. The van der Waals surface area contributed by atoms with Crippen LogP contribution in [0.15, 0.2) is 78.4 Å². The van der Waals surface area contributed by atoms with Gasteiger partial charge in [-0.3, -0.25) is 24.6 Å². The predicted octanol–water partition coefficient (Wildman–Crippen LogP) is 5.18. The van der Waals surface area contributed by atoms with Crippen molar-refractivity contribution in [3.8, 4) is 0 Å². The molecular weight excluding hydrogens is 432 g/mol. The van der Waals surface area contributed by atoms with Crippen molar-refractivity contribution in [2.24, 2.45) is 0 Å². The minimum atomic E-state index is -0.965. The number of Topliss-reactive ketones (excluding diaryl/α,β-unsaturated/α-hetero) is 1. The third-order valence-corrected chi connectivity index (χ3v) is 5.61. The number of hydrogen-bond donors (Lipinski definition) is 1. The van der Waals surface area contributed by atoms with E-state index in [0.717, 1.165) is 5.56 Å². The van der Waals surface area contributed by atoms with E-state index in [4.69, 9.17) is 11.6 Å². The van der Waals surface area contributed by atoms with Gasteiger partial charge >= 0.3 is 0 Å². The number of nitro benzene ring substituents is 1. The fourth-order valence-corrected chi connectivity index (χ4v) is 3.90. The van der Waals surface area contributed by atoms with Crippen LogP contribution in [-0.2, 0) is 9.59 Å². The van der Waals surface area contributed by atoms with Gasteiger partial charge in [-0.05, 0) is 60.5 Å². The van der Waals surface area contributed by atoms with Gasteiger partial charge in [0.1, 0.15) is 5.76 Å². The largest absolute Gasteiger partial charge is 0.507 e. The molecule has 1 amide bonds. The van der Waals surface area contributed by atoms with E-state index in [1.165, 1.54) is 29.2 Å². The van der Waals surface area contributed by atoms with Crippen LogP contribution in [0.2, 0.25) is 5.02 Å². The summed E-state index contributed by atoms with van der Waals surface area (Å²) in [5, 5.41) is 22.6. The van der Waals surface area contributed by atoms with Gasteiger partial charge in [-0.25, -0.2) is 0 Å². The maximum Gasteiger partial charge on any atom is 0.300 e. The number of aliphatic hydroxyl groups excluding tert-OH is 1. The molecule has 1 fully saturated rings. The molecule has 3 aromatic rings. The number of halogens is 1. The quantitative estimate of drug-likeness (QED) is 0.195. The van der Waals surface area contributed by atoms with Gasteiger partial charge in [0.15, 0.2) is 0 Å². The second-order valence-electron chi connectivity index (χ2n) is 7.31. The summed E-state index contributed by atoms with van der Waals surface area (Å²) in [7, 11) is 0. The van der Waals surface area contributed by atoms with Crippen LogP contribution >= 0.6 is 11.6 Å². The van der Waals surface area contributed by atoms with Crippen molar-refractivity contribution in [3.05, 3.63) is 110 Å². The predicted molar refractivity (Wildman–Crippen MR) is 121 cm³/mol. The third kappa shape index (κ3) is 3.63. The van der Waals surface area contributed by atoms with Crippen molar-refractivity contribution in [2.75, 3.05) is 4.90 Å². The highest BCUT2D eigenvalue weighted by molar-refractivity contribution is 6.51. The van der Waals surface area contributed by atoms with Crippen LogP contribution in [0.3, 0.4) is 0 Å². The number of amides is 1. The van der Waals surface area contributed by atoms with Gasteiger partial charge < -0.3 is 5.11 Å². The van der Waals surface area contributed by atoms with Crippen LogP contribution in [0.4, 0.5) is 11.4 Å². The molecule has 1 aliphatic rings. The van der Waals surface area contributed by atoms with Gasteiger partial charge in [0.25, 0.3) is 17.4 Å². The second kappa shape index (κ2) is 8.28. The molecule has 0 unspecified atom stereocenters. The number of carbonyl (C=O) groups excluding carboxylic acids is 2. The molecule has 32 heavy (non-hydrogen) atoms. The Morgan fingerprint density at radius 1 is 1.00 bits per heavy atom. The van der Waals surface area contributed by atoms with Crippen molar-refractivity contribution >= 4 is 40.4 Å². The first-order valence-electron chi connectivity index (χ1n) is 9.66. The lowest BCUT2D eigenvalue weighted by Crippen LogP contribution is -2.30.